The quantitative estimate of drug-likeness (QED) is 0.719. The number of para-hydroxylation sites is 1. The fourth-order valence-corrected chi connectivity index (χ4v) is 3.05. The van der Waals surface area contributed by atoms with Crippen molar-refractivity contribution in [3.63, 3.8) is 0 Å². The van der Waals surface area contributed by atoms with Crippen LogP contribution in [0.15, 0.2) is 48.5 Å². The number of morpholine rings is 1. The summed E-state index contributed by atoms with van der Waals surface area (Å²) >= 11 is 0. The minimum absolute atomic E-state index is 0.0665. The molecule has 1 fully saturated rings. The molecule has 28 heavy (non-hydrogen) atoms. The Hall–Kier alpha value is -2.77. The number of ether oxygens (including phenoxy) is 1. The number of amides is 2. The van der Waals surface area contributed by atoms with E-state index in [1.807, 2.05) is 0 Å². The maximum Gasteiger partial charge on any atom is 0.258 e. The summed E-state index contributed by atoms with van der Waals surface area (Å²) in [5, 5.41) is 5.51. The van der Waals surface area contributed by atoms with Gasteiger partial charge >= 0.3 is 0 Å². The maximum atomic E-state index is 13.8. The second kappa shape index (κ2) is 9.96. The molecule has 1 aliphatic heterocycles. The Kier molecular flexibility index (Phi) is 7.11. The summed E-state index contributed by atoms with van der Waals surface area (Å²) in [4.78, 5) is 27.2. The lowest BCUT2D eigenvalue weighted by Gasteiger charge is -2.26. The van der Waals surface area contributed by atoms with Crippen LogP contribution in [-0.2, 0) is 4.74 Å². The van der Waals surface area contributed by atoms with Gasteiger partial charge in [0.15, 0.2) is 0 Å². The van der Waals surface area contributed by atoms with Crippen LogP contribution in [0, 0.1) is 5.82 Å². The number of hydrogen-bond acceptors (Lipinski definition) is 4. The summed E-state index contributed by atoms with van der Waals surface area (Å²) in [6, 6.07) is 12.4. The van der Waals surface area contributed by atoms with Crippen molar-refractivity contribution in [3.8, 4) is 0 Å². The predicted molar refractivity (Wildman–Crippen MR) is 105 cm³/mol. The molecule has 0 spiro atoms. The number of halogens is 1. The van der Waals surface area contributed by atoms with E-state index in [4.69, 9.17) is 4.74 Å². The smallest absolute Gasteiger partial charge is 0.258 e. The van der Waals surface area contributed by atoms with Crippen LogP contribution in [0.4, 0.5) is 10.1 Å². The fourth-order valence-electron chi connectivity index (χ4n) is 3.05. The summed E-state index contributed by atoms with van der Waals surface area (Å²) < 4.78 is 19.1. The second-order valence-corrected chi connectivity index (χ2v) is 6.54. The van der Waals surface area contributed by atoms with E-state index in [0.717, 1.165) is 39.3 Å². The van der Waals surface area contributed by atoms with E-state index in [9.17, 15) is 14.0 Å². The van der Waals surface area contributed by atoms with E-state index in [0.29, 0.717) is 17.8 Å². The van der Waals surface area contributed by atoms with Gasteiger partial charge in [0.05, 0.1) is 30.0 Å². The van der Waals surface area contributed by atoms with Gasteiger partial charge in [0.2, 0.25) is 0 Å². The molecule has 0 aromatic heterocycles. The van der Waals surface area contributed by atoms with Gasteiger partial charge in [-0.2, -0.15) is 0 Å². The third-order valence-electron chi connectivity index (χ3n) is 4.58. The molecule has 0 bridgehead atoms. The molecule has 0 aliphatic carbocycles. The Morgan fingerprint density at radius 2 is 1.64 bits per heavy atom. The van der Waals surface area contributed by atoms with Crippen molar-refractivity contribution in [2.75, 3.05) is 44.7 Å². The summed E-state index contributed by atoms with van der Waals surface area (Å²) in [5.74, 6) is -1.47. The monoisotopic (exact) mass is 385 g/mol. The van der Waals surface area contributed by atoms with Crippen molar-refractivity contribution < 1.29 is 18.7 Å². The first-order valence-corrected chi connectivity index (χ1v) is 9.38. The average Bonchev–Trinajstić information content (AvgIpc) is 2.72. The molecule has 2 aromatic rings. The minimum Gasteiger partial charge on any atom is -0.379 e. The van der Waals surface area contributed by atoms with Crippen LogP contribution in [-0.4, -0.2) is 56.1 Å². The van der Waals surface area contributed by atoms with Crippen LogP contribution < -0.4 is 10.6 Å². The van der Waals surface area contributed by atoms with Crippen LogP contribution in [0.1, 0.15) is 27.1 Å². The molecule has 0 radical (unpaired) electrons. The predicted octanol–water partition coefficient (Wildman–Crippen LogP) is 2.53. The maximum absolute atomic E-state index is 13.8. The molecule has 2 N–H and O–H groups in total. The normalized spacial score (nSPS) is 14.5. The highest BCUT2D eigenvalue weighted by Gasteiger charge is 2.16. The van der Waals surface area contributed by atoms with E-state index in [1.54, 1.807) is 30.3 Å². The zero-order chi connectivity index (χ0) is 19.8. The molecular formula is C21H24FN3O3. The molecule has 1 aliphatic rings. The van der Waals surface area contributed by atoms with Gasteiger partial charge in [0.25, 0.3) is 11.8 Å². The van der Waals surface area contributed by atoms with Crippen LogP contribution in [0.2, 0.25) is 0 Å². The summed E-state index contributed by atoms with van der Waals surface area (Å²) in [7, 11) is 0. The van der Waals surface area contributed by atoms with Crippen molar-refractivity contribution in [3.05, 3.63) is 65.5 Å². The highest BCUT2D eigenvalue weighted by molar-refractivity contribution is 6.09. The number of carbonyl (C=O) groups is 2. The molecule has 148 valence electrons. The van der Waals surface area contributed by atoms with E-state index in [2.05, 4.69) is 15.5 Å². The summed E-state index contributed by atoms with van der Waals surface area (Å²) in [6.07, 6.45) is 0.829. The van der Waals surface area contributed by atoms with Crippen LogP contribution >= 0.6 is 0 Å². The molecule has 7 heteroatoms. The van der Waals surface area contributed by atoms with Gasteiger partial charge in [0.1, 0.15) is 5.82 Å². The Morgan fingerprint density at radius 1 is 0.964 bits per heavy atom. The van der Waals surface area contributed by atoms with Crippen molar-refractivity contribution in [1.82, 2.24) is 10.2 Å². The number of nitrogens with one attached hydrogen (secondary N) is 2. The van der Waals surface area contributed by atoms with Crippen molar-refractivity contribution >= 4 is 17.5 Å². The van der Waals surface area contributed by atoms with Gasteiger partial charge in [-0.3, -0.25) is 14.5 Å². The lowest BCUT2D eigenvalue weighted by Crippen LogP contribution is -2.38. The third-order valence-corrected chi connectivity index (χ3v) is 4.58. The zero-order valence-electron chi connectivity index (χ0n) is 15.6. The van der Waals surface area contributed by atoms with Gasteiger partial charge in [-0.05, 0) is 37.2 Å². The molecule has 2 aromatic carbocycles. The molecule has 2 amide bonds. The van der Waals surface area contributed by atoms with E-state index in [-0.39, 0.29) is 11.5 Å². The highest BCUT2D eigenvalue weighted by Crippen LogP contribution is 2.17. The lowest BCUT2D eigenvalue weighted by atomic mass is 10.1. The fraction of sp³-hybridized carbons (Fsp3) is 0.333. The number of anilines is 1. The first-order chi connectivity index (χ1) is 13.6. The average molecular weight is 385 g/mol. The highest BCUT2D eigenvalue weighted by atomic mass is 19.1. The largest absolute Gasteiger partial charge is 0.379 e. The number of hydrogen-bond donors (Lipinski definition) is 2. The minimum atomic E-state index is -0.606. The van der Waals surface area contributed by atoms with Crippen molar-refractivity contribution in [1.29, 1.82) is 0 Å². The number of benzene rings is 2. The third kappa shape index (κ3) is 5.37. The van der Waals surface area contributed by atoms with Crippen LogP contribution in [0.5, 0.6) is 0 Å². The van der Waals surface area contributed by atoms with E-state index >= 15 is 0 Å². The Morgan fingerprint density at radius 3 is 2.39 bits per heavy atom. The molecule has 3 rings (SSSR count). The van der Waals surface area contributed by atoms with Gasteiger partial charge in [-0.1, -0.05) is 24.3 Å². The summed E-state index contributed by atoms with van der Waals surface area (Å²) in [6.45, 7) is 4.77. The first kappa shape index (κ1) is 20.0. The molecule has 0 saturated carbocycles. The Bertz CT molecular complexity index is 822. The number of rotatable bonds is 7. The number of carbonyl (C=O) groups excluding carboxylic acids is 2. The van der Waals surface area contributed by atoms with Gasteiger partial charge in [0, 0.05) is 19.6 Å². The first-order valence-electron chi connectivity index (χ1n) is 9.38. The molecule has 6 nitrogen and oxygen atoms in total. The molecule has 0 unspecified atom stereocenters. The molecule has 1 heterocycles. The Labute approximate surface area is 163 Å². The van der Waals surface area contributed by atoms with Gasteiger partial charge in [-0.25, -0.2) is 4.39 Å². The standard InChI is InChI=1S/C21H24FN3O3/c22-18-8-3-1-6-16(18)21(27)24-19-9-4-2-7-17(19)20(26)23-10-5-11-25-12-14-28-15-13-25/h1-4,6-9H,5,10-15H2,(H,23,26)(H,24,27). The van der Waals surface area contributed by atoms with Gasteiger partial charge in [-0.15, -0.1) is 0 Å². The van der Waals surface area contributed by atoms with E-state index in [1.165, 1.54) is 18.2 Å². The number of nitrogens with zero attached hydrogens (tertiary/aromatic N) is 1. The van der Waals surface area contributed by atoms with Crippen LogP contribution in [0.3, 0.4) is 0 Å². The summed E-state index contributed by atoms with van der Waals surface area (Å²) in [5.41, 5.74) is 0.628. The van der Waals surface area contributed by atoms with Crippen molar-refractivity contribution in [2.45, 2.75) is 6.42 Å². The van der Waals surface area contributed by atoms with Gasteiger partial charge < -0.3 is 15.4 Å². The zero-order valence-corrected chi connectivity index (χ0v) is 15.6. The topological polar surface area (TPSA) is 70.7 Å². The molecular weight excluding hydrogens is 361 g/mol. The van der Waals surface area contributed by atoms with Crippen LogP contribution in [0.25, 0.3) is 0 Å². The van der Waals surface area contributed by atoms with Crippen molar-refractivity contribution in [2.24, 2.45) is 0 Å². The molecule has 1 saturated heterocycles. The SMILES string of the molecule is O=C(Nc1ccccc1C(=O)NCCCN1CCOCC1)c1ccccc1F. The van der Waals surface area contributed by atoms with E-state index < -0.39 is 11.7 Å². The Balaban J connectivity index is 1.56. The molecule has 0 atom stereocenters. The second-order valence-electron chi connectivity index (χ2n) is 6.54. The lowest BCUT2D eigenvalue weighted by molar-refractivity contribution is 0.0374.